The summed E-state index contributed by atoms with van der Waals surface area (Å²) in [5.74, 6) is 0. The van der Waals surface area contributed by atoms with Crippen molar-refractivity contribution in [1.82, 2.24) is 0 Å². The van der Waals surface area contributed by atoms with E-state index in [4.69, 9.17) is 0 Å². The molecular formula is C13H11Bi. The number of benzene rings is 2. The van der Waals surface area contributed by atoms with E-state index < -0.39 is 0 Å². The molecule has 0 fully saturated rings. The van der Waals surface area contributed by atoms with E-state index in [1.165, 1.54) is 35.8 Å². The van der Waals surface area contributed by atoms with Crippen molar-refractivity contribution in [2.24, 2.45) is 0 Å². The van der Waals surface area contributed by atoms with Crippen molar-refractivity contribution in [1.29, 1.82) is 0 Å². The summed E-state index contributed by atoms with van der Waals surface area (Å²) in [6.07, 6.45) is 0. The summed E-state index contributed by atoms with van der Waals surface area (Å²) in [4.78, 5) is 0. The molecule has 0 unspecified atom stereocenters. The molecule has 0 aliphatic rings. The van der Waals surface area contributed by atoms with Gasteiger partial charge in [-0.2, -0.15) is 0 Å². The second-order valence-corrected chi connectivity index (χ2v) is 5.23. The number of rotatable bonds is 2. The van der Waals surface area contributed by atoms with Gasteiger partial charge in [0, 0.05) is 0 Å². The normalized spacial score (nSPS) is 10.4. The van der Waals surface area contributed by atoms with Crippen LogP contribution in [0.3, 0.4) is 0 Å². The van der Waals surface area contributed by atoms with Gasteiger partial charge in [0.05, 0.1) is 0 Å². The minimum atomic E-state index is 0.595. The van der Waals surface area contributed by atoms with Crippen LogP contribution in [-0.2, 0) is 0 Å². The molecule has 2 aromatic rings. The Bertz CT molecular complexity index is 341. The molecule has 0 bridgehead atoms. The second kappa shape index (κ2) is 4.71. The fourth-order valence-electron chi connectivity index (χ4n) is 1.46. The van der Waals surface area contributed by atoms with Crippen LogP contribution in [0, 0.1) is 0 Å². The summed E-state index contributed by atoms with van der Waals surface area (Å²) in [5.41, 5.74) is 2.85. The summed E-state index contributed by atoms with van der Waals surface area (Å²) in [7, 11) is 0. The minimum absolute atomic E-state index is 0.595. The first-order chi connectivity index (χ1) is 6.88. The van der Waals surface area contributed by atoms with Gasteiger partial charge >= 0.3 is 100 Å². The standard InChI is InChI=1S/C13H11.Bi/c1-3-7-12(8-4-1)11-13-9-5-2-6-10-13;/h1-11H;. The SMILES string of the molecule is [Bi][CH](c1ccccc1)c1ccccc1. The van der Waals surface area contributed by atoms with Crippen LogP contribution in [0.15, 0.2) is 60.7 Å². The predicted molar refractivity (Wildman–Crippen MR) is 60.5 cm³/mol. The topological polar surface area (TPSA) is 0 Å². The van der Waals surface area contributed by atoms with Crippen LogP contribution < -0.4 is 0 Å². The van der Waals surface area contributed by atoms with Crippen LogP contribution in [0.2, 0.25) is 0 Å². The monoisotopic (exact) mass is 376 g/mol. The van der Waals surface area contributed by atoms with E-state index in [-0.39, 0.29) is 0 Å². The van der Waals surface area contributed by atoms with Crippen LogP contribution in [0.25, 0.3) is 0 Å². The van der Waals surface area contributed by atoms with Gasteiger partial charge in [0.15, 0.2) is 0 Å². The first kappa shape index (κ1) is 9.86. The zero-order valence-corrected chi connectivity index (χ0v) is 11.3. The van der Waals surface area contributed by atoms with Crippen molar-refractivity contribution >= 4 is 24.7 Å². The average molecular weight is 376 g/mol. The van der Waals surface area contributed by atoms with Gasteiger partial charge in [-0.15, -0.1) is 0 Å². The molecule has 0 aromatic heterocycles. The van der Waals surface area contributed by atoms with Gasteiger partial charge in [-0.05, 0) is 0 Å². The molecule has 0 spiro atoms. The molecule has 14 heavy (non-hydrogen) atoms. The van der Waals surface area contributed by atoms with E-state index in [1.54, 1.807) is 0 Å². The Morgan fingerprint density at radius 2 is 1.00 bits per heavy atom. The zero-order valence-electron chi connectivity index (χ0n) is 7.80. The van der Waals surface area contributed by atoms with Crippen LogP contribution in [0.4, 0.5) is 0 Å². The first-order valence-corrected chi connectivity index (χ1v) is 6.66. The van der Waals surface area contributed by atoms with Crippen molar-refractivity contribution in [2.45, 2.75) is 3.63 Å². The van der Waals surface area contributed by atoms with E-state index in [1.807, 2.05) is 0 Å². The first-order valence-electron chi connectivity index (χ1n) is 4.66. The van der Waals surface area contributed by atoms with Gasteiger partial charge in [-0.1, -0.05) is 0 Å². The Balaban J connectivity index is 2.30. The molecule has 1 heteroatoms. The van der Waals surface area contributed by atoms with Gasteiger partial charge in [-0.3, -0.25) is 0 Å². The van der Waals surface area contributed by atoms with Crippen molar-refractivity contribution in [3.8, 4) is 0 Å². The molecule has 0 atom stereocenters. The molecule has 0 N–H and O–H groups in total. The molecule has 68 valence electrons. The molecule has 0 aliphatic heterocycles. The van der Waals surface area contributed by atoms with Crippen molar-refractivity contribution < 1.29 is 0 Å². The molecule has 0 saturated heterocycles. The Hall–Kier alpha value is -0.677. The molecule has 2 aromatic carbocycles. The Labute approximate surface area is 99.8 Å². The Morgan fingerprint density at radius 3 is 1.36 bits per heavy atom. The van der Waals surface area contributed by atoms with E-state index in [0.29, 0.717) is 3.63 Å². The van der Waals surface area contributed by atoms with E-state index >= 15 is 0 Å². The number of hydrogen-bond donors (Lipinski definition) is 0. The quantitative estimate of drug-likeness (QED) is 0.708. The summed E-state index contributed by atoms with van der Waals surface area (Å²) in [6.45, 7) is 0. The van der Waals surface area contributed by atoms with Crippen LogP contribution in [-0.4, -0.2) is 24.7 Å². The molecule has 0 amide bonds. The Kier molecular flexibility index (Phi) is 3.32. The van der Waals surface area contributed by atoms with Crippen molar-refractivity contribution in [3.05, 3.63) is 71.8 Å². The molecule has 0 aliphatic carbocycles. The third-order valence-corrected chi connectivity index (χ3v) is 4.55. The average Bonchev–Trinajstić information content (AvgIpc) is 2.30. The fourth-order valence-corrected chi connectivity index (χ4v) is 2.80. The molecule has 0 nitrogen and oxygen atoms in total. The summed E-state index contributed by atoms with van der Waals surface area (Å²) < 4.78 is 0.595. The van der Waals surface area contributed by atoms with Crippen molar-refractivity contribution in [3.63, 3.8) is 0 Å². The summed E-state index contributed by atoms with van der Waals surface area (Å²) >= 11 is 1.38. The molecule has 2 radical (unpaired) electrons. The maximum atomic E-state index is 2.21. The summed E-state index contributed by atoms with van der Waals surface area (Å²) in [6, 6.07) is 21.4. The van der Waals surface area contributed by atoms with E-state index in [2.05, 4.69) is 60.7 Å². The number of hydrogen-bond acceptors (Lipinski definition) is 0. The van der Waals surface area contributed by atoms with Gasteiger partial charge in [0.25, 0.3) is 0 Å². The third-order valence-electron chi connectivity index (χ3n) is 2.23. The van der Waals surface area contributed by atoms with Crippen LogP contribution in [0.5, 0.6) is 0 Å². The van der Waals surface area contributed by atoms with Crippen molar-refractivity contribution in [2.75, 3.05) is 0 Å². The van der Waals surface area contributed by atoms with Gasteiger partial charge in [0.1, 0.15) is 0 Å². The van der Waals surface area contributed by atoms with Gasteiger partial charge < -0.3 is 0 Å². The molecular weight excluding hydrogens is 365 g/mol. The maximum absolute atomic E-state index is 2.21. The predicted octanol–water partition coefficient (Wildman–Crippen LogP) is 2.94. The zero-order chi connectivity index (χ0) is 9.80. The Morgan fingerprint density at radius 1 is 0.643 bits per heavy atom. The second-order valence-electron chi connectivity index (χ2n) is 3.22. The van der Waals surface area contributed by atoms with Gasteiger partial charge in [-0.25, -0.2) is 0 Å². The fraction of sp³-hybridized carbons (Fsp3) is 0.0769. The van der Waals surface area contributed by atoms with E-state index in [0.717, 1.165) is 0 Å². The van der Waals surface area contributed by atoms with Crippen LogP contribution in [0.1, 0.15) is 14.8 Å². The molecule has 0 saturated carbocycles. The van der Waals surface area contributed by atoms with Crippen LogP contribution >= 0.6 is 0 Å². The molecule has 0 heterocycles. The van der Waals surface area contributed by atoms with Gasteiger partial charge in [0.2, 0.25) is 0 Å². The summed E-state index contributed by atoms with van der Waals surface area (Å²) in [5, 5.41) is 0. The van der Waals surface area contributed by atoms with E-state index in [9.17, 15) is 0 Å². The molecule has 2 rings (SSSR count). The third kappa shape index (κ3) is 2.22.